The Kier molecular flexibility index (Phi) is 2.81. The molecule has 3 atom stereocenters. The molecule has 19 heavy (non-hydrogen) atoms. The minimum atomic E-state index is -0.959. The zero-order valence-electron chi connectivity index (χ0n) is 9.77. The van der Waals surface area contributed by atoms with E-state index in [2.05, 4.69) is 15.0 Å². The fourth-order valence-electron chi connectivity index (χ4n) is 2.23. The predicted octanol–water partition coefficient (Wildman–Crippen LogP) is -1.16. The van der Waals surface area contributed by atoms with Crippen LogP contribution in [0, 0.1) is 6.08 Å². The van der Waals surface area contributed by atoms with Gasteiger partial charge >= 0.3 is 6.08 Å². The van der Waals surface area contributed by atoms with Crippen molar-refractivity contribution in [2.45, 2.75) is 18.2 Å². The molecule has 102 valence electrons. The number of aromatic nitrogens is 4. The number of aliphatic hydroxyl groups excluding tert-OH is 2. The average Bonchev–Trinajstić information content (AvgIpc) is 2.92. The fourth-order valence-corrected chi connectivity index (χ4v) is 2.23. The van der Waals surface area contributed by atoms with E-state index in [1.807, 2.05) is 0 Å². The summed E-state index contributed by atoms with van der Waals surface area (Å²) in [6, 6.07) is -0.504. The Morgan fingerprint density at radius 3 is 3.00 bits per heavy atom. The Labute approximate surface area is 106 Å². The van der Waals surface area contributed by atoms with Gasteiger partial charge in [0.2, 0.25) is 0 Å². The maximum atomic E-state index is 13.2. The summed E-state index contributed by atoms with van der Waals surface area (Å²) >= 11 is 0. The van der Waals surface area contributed by atoms with Gasteiger partial charge in [-0.3, -0.25) is 0 Å². The van der Waals surface area contributed by atoms with Crippen molar-refractivity contribution in [2.24, 2.45) is 0 Å². The van der Waals surface area contributed by atoms with E-state index in [0.717, 1.165) is 0 Å². The van der Waals surface area contributed by atoms with E-state index >= 15 is 0 Å². The van der Waals surface area contributed by atoms with Gasteiger partial charge in [0.05, 0.1) is 25.6 Å². The van der Waals surface area contributed by atoms with Gasteiger partial charge in [-0.25, -0.2) is 4.98 Å². The second kappa shape index (κ2) is 4.37. The number of ether oxygens (including phenoxy) is 1. The number of hydrogen-bond acceptors (Lipinski definition) is 7. The highest BCUT2D eigenvalue weighted by Crippen LogP contribution is 2.28. The van der Waals surface area contributed by atoms with Crippen LogP contribution < -0.4 is 5.73 Å². The van der Waals surface area contributed by atoms with Crippen LogP contribution in [0.2, 0.25) is 0 Å². The van der Waals surface area contributed by atoms with Crippen LogP contribution in [-0.2, 0) is 4.74 Å². The third kappa shape index (κ3) is 1.82. The van der Waals surface area contributed by atoms with Crippen molar-refractivity contribution in [2.75, 3.05) is 18.9 Å². The molecule has 2 aromatic rings. The van der Waals surface area contributed by atoms with E-state index in [0.29, 0.717) is 0 Å². The summed E-state index contributed by atoms with van der Waals surface area (Å²) in [6.07, 6.45) is -1.17. The molecular formula is C10H12FN5O3. The van der Waals surface area contributed by atoms with E-state index in [9.17, 15) is 9.50 Å². The zero-order chi connectivity index (χ0) is 13.6. The molecule has 0 bridgehead atoms. The van der Waals surface area contributed by atoms with E-state index in [-0.39, 0.29) is 30.2 Å². The van der Waals surface area contributed by atoms with Crippen molar-refractivity contribution < 1.29 is 19.3 Å². The maximum absolute atomic E-state index is 13.2. The molecule has 0 aliphatic carbocycles. The molecule has 2 aromatic heterocycles. The molecule has 0 aromatic carbocycles. The highest BCUT2D eigenvalue weighted by atomic mass is 19.1. The molecule has 2 unspecified atom stereocenters. The molecule has 0 saturated carbocycles. The molecule has 0 radical (unpaired) electrons. The lowest BCUT2D eigenvalue weighted by molar-refractivity contribution is 0.00206. The molecule has 1 saturated heterocycles. The Hall–Kier alpha value is -1.84. The standard InChI is InChI=1S/C10H12FN5O3/c11-10-14-8(12)6-9(15-10)16(3-13-6)4-2-19-5(1-17)7(4)18/h3-5,7,17-18H,1-2H2,(H2,12,14,15)/t4?,5-,7?/m1/s1. The Bertz CT molecular complexity index is 618. The molecule has 1 aliphatic rings. The molecule has 1 aliphatic heterocycles. The predicted molar refractivity (Wildman–Crippen MR) is 61.6 cm³/mol. The van der Waals surface area contributed by atoms with Gasteiger partial charge in [-0.15, -0.1) is 0 Å². The Morgan fingerprint density at radius 2 is 2.32 bits per heavy atom. The van der Waals surface area contributed by atoms with Gasteiger partial charge in [-0.2, -0.15) is 14.4 Å². The fraction of sp³-hybridized carbons (Fsp3) is 0.500. The Morgan fingerprint density at radius 1 is 1.53 bits per heavy atom. The van der Waals surface area contributed by atoms with Crippen LogP contribution in [0.3, 0.4) is 0 Å². The molecule has 4 N–H and O–H groups in total. The largest absolute Gasteiger partial charge is 0.394 e. The quantitative estimate of drug-likeness (QED) is 0.588. The van der Waals surface area contributed by atoms with Crippen LogP contribution in [0.15, 0.2) is 6.33 Å². The number of hydrogen-bond donors (Lipinski definition) is 3. The maximum Gasteiger partial charge on any atom is 0.312 e. The number of rotatable bonds is 2. The van der Waals surface area contributed by atoms with Crippen molar-refractivity contribution in [3.8, 4) is 0 Å². The molecular weight excluding hydrogens is 257 g/mol. The lowest BCUT2D eigenvalue weighted by atomic mass is 10.1. The first kappa shape index (κ1) is 12.2. The number of nitrogens with zero attached hydrogens (tertiary/aromatic N) is 4. The van der Waals surface area contributed by atoms with Gasteiger partial charge in [0, 0.05) is 0 Å². The number of aliphatic hydroxyl groups is 2. The van der Waals surface area contributed by atoms with E-state index in [1.54, 1.807) is 0 Å². The lowest BCUT2D eigenvalue weighted by Gasteiger charge is -2.17. The molecule has 8 nitrogen and oxygen atoms in total. The van der Waals surface area contributed by atoms with Crippen molar-refractivity contribution >= 4 is 17.0 Å². The monoisotopic (exact) mass is 269 g/mol. The molecule has 3 rings (SSSR count). The van der Waals surface area contributed by atoms with Gasteiger partial charge in [0.25, 0.3) is 0 Å². The molecule has 1 fully saturated rings. The van der Waals surface area contributed by atoms with Gasteiger partial charge < -0.3 is 25.3 Å². The summed E-state index contributed by atoms with van der Waals surface area (Å²) in [4.78, 5) is 11.0. The van der Waals surface area contributed by atoms with E-state index in [4.69, 9.17) is 15.6 Å². The summed E-state index contributed by atoms with van der Waals surface area (Å²) in [5.74, 6) is -0.0617. The SMILES string of the molecule is Nc1nc(F)nc2c1ncn2C1CO[C@H](CO)C1O. The first-order valence-electron chi connectivity index (χ1n) is 5.68. The average molecular weight is 269 g/mol. The van der Waals surface area contributed by atoms with Crippen LogP contribution in [-0.4, -0.2) is 55.2 Å². The van der Waals surface area contributed by atoms with Crippen LogP contribution in [0.4, 0.5) is 10.2 Å². The number of nitrogens with two attached hydrogens (primary N) is 1. The minimum Gasteiger partial charge on any atom is -0.394 e. The number of halogens is 1. The Balaban J connectivity index is 2.07. The first-order valence-corrected chi connectivity index (χ1v) is 5.68. The van der Waals surface area contributed by atoms with Crippen molar-refractivity contribution in [1.29, 1.82) is 0 Å². The topological polar surface area (TPSA) is 119 Å². The number of fused-ring (bicyclic) bond motifs is 1. The second-order valence-electron chi connectivity index (χ2n) is 4.31. The van der Waals surface area contributed by atoms with Crippen LogP contribution in [0.25, 0.3) is 11.2 Å². The second-order valence-corrected chi connectivity index (χ2v) is 4.31. The highest BCUT2D eigenvalue weighted by molar-refractivity contribution is 5.81. The molecule has 9 heteroatoms. The van der Waals surface area contributed by atoms with Gasteiger partial charge in [-0.1, -0.05) is 0 Å². The van der Waals surface area contributed by atoms with Gasteiger partial charge in [0.15, 0.2) is 11.5 Å². The summed E-state index contributed by atoms with van der Waals surface area (Å²) in [6.45, 7) is -0.126. The molecule has 0 spiro atoms. The highest BCUT2D eigenvalue weighted by Gasteiger charge is 2.37. The smallest absolute Gasteiger partial charge is 0.312 e. The molecule has 0 amide bonds. The summed E-state index contributed by atoms with van der Waals surface area (Å²) in [7, 11) is 0. The number of imidazole rings is 1. The van der Waals surface area contributed by atoms with Crippen molar-refractivity contribution in [3.63, 3.8) is 0 Å². The molecule has 3 heterocycles. The van der Waals surface area contributed by atoms with Gasteiger partial charge in [0.1, 0.15) is 17.7 Å². The van der Waals surface area contributed by atoms with Crippen LogP contribution >= 0.6 is 0 Å². The van der Waals surface area contributed by atoms with Crippen molar-refractivity contribution in [1.82, 2.24) is 19.5 Å². The van der Waals surface area contributed by atoms with E-state index < -0.39 is 24.3 Å². The third-order valence-corrected chi connectivity index (χ3v) is 3.21. The van der Waals surface area contributed by atoms with Crippen LogP contribution in [0.1, 0.15) is 6.04 Å². The summed E-state index contributed by atoms with van der Waals surface area (Å²) in [5.41, 5.74) is 6.01. The van der Waals surface area contributed by atoms with Gasteiger partial charge in [-0.05, 0) is 0 Å². The zero-order valence-corrected chi connectivity index (χ0v) is 9.77. The number of nitrogen functional groups attached to an aromatic ring is 1. The minimum absolute atomic E-state index is 0.0617. The van der Waals surface area contributed by atoms with Crippen LogP contribution in [0.5, 0.6) is 0 Å². The first-order chi connectivity index (χ1) is 9.11. The van der Waals surface area contributed by atoms with Crippen molar-refractivity contribution in [3.05, 3.63) is 12.4 Å². The third-order valence-electron chi connectivity index (χ3n) is 3.21. The summed E-state index contributed by atoms with van der Waals surface area (Å²) < 4.78 is 19.9. The summed E-state index contributed by atoms with van der Waals surface area (Å²) in [5, 5.41) is 19.1. The number of anilines is 1. The lowest BCUT2D eigenvalue weighted by Crippen LogP contribution is -2.30. The van der Waals surface area contributed by atoms with E-state index in [1.165, 1.54) is 10.9 Å². The normalized spacial score (nSPS) is 27.2.